The van der Waals surface area contributed by atoms with Crippen molar-refractivity contribution in [1.29, 1.82) is 0 Å². The fourth-order valence-electron chi connectivity index (χ4n) is 3.30. The third kappa shape index (κ3) is 3.93. The number of halogens is 1. The summed E-state index contributed by atoms with van der Waals surface area (Å²) in [6, 6.07) is 8.68. The van der Waals surface area contributed by atoms with E-state index in [9.17, 15) is 14.7 Å². The highest BCUT2D eigenvalue weighted by atomic mass is 35.5. The molecule has 0 radical (unpaired) electrons. The summed E-state index contributed by atoms with van der Waals surface area (Å²) in [6.45, 7) is 1.94. The van der Waals surface area contributed by atoms with Crippen LogP contribution in [0.4, 0.5) is 0 Å². The fourth-order valence-corrected chi connectivity index (χ4v) is 3.51. The molecule has 150 valence electrons. The lowest BCUT2D eigenvalue weighted by Crippen LogP contribution is -2.51. The predicted octanol–water partition coefficient (Wildman–Crippen LogP) is 1.95. The van der Waals surface area contributed by atoms with Gasteiger partial charge in [-0.25, -0.2) is 19.8 Å². The Morgan fingerprint density at radius 2 is 1.62 bits per heavy atom. The molecule has 1 N–H and O–H groups in total. The van der Waals surface area contributed by atoms with Gasteiger partial charge in [-0.15, -0.1) is 0 Å². The molecule has 2 heterocycles. The van der Waals surface area contributed by atoms with E-state index in [2.05, 4.69) is 15.0 Å². The van der Waals surface area contributed by atoms with Crippen molar-refractivity contribution in [3.63, 3.8) is 0 Å². The molecule has 0 unspecified atom stereocenters. The van der Waals surface area contributed by atoms with Crippen molar-refractivity contribution >= 4 is 29.3 Å². The maximum absolute atomic E-state index is 12.8. The molecular formula is C20H20ClN5O3. The second kappa shape index (κ2) is 7.79. The molecule has 2 fully saturated rings. The summed E-state index contributed by atoms with van der Waals surface area (Å²) in [5, 5.41) is 9.96. The summed E-state index contributed by atoms with van der Waals surface area (Å²) in [7, 11) is 0. The Balaban J connectivity index is 1.53. The number of amides is 1. The SMILES string of the molecule is O=C(c1ccccc1Cl)N1CCN(/C(=N/C2(C(=O)O)CC2)c2ncccn2)CC1. The first-order valence-corrected chi connectivity index (χ1v) is 9.77. The number of carbonyl (C=O) groups excluding carboxylic acids is 1. The van der Waals surface area contributed by atoms with Crippen molar-refractivity contribution in [2.75, 3.05) is 26.2 Å². The van der Waals surface area contributed by atoms with Crippen molar-refractivity contribution in [2.24, 2.45) is 4.99 Å². The standard InChI is InChI=1S/C20H20ClN5O3/c21-15-5-2-1-4-14(15)18(27)26-12-10-25(11-13-26)17(16-22-8-3-9-23-16)24-20(6-7-20)19(28)29/h1-5,8-9H,6-7,10-13H2,(H,28,29)/b24-17+. The van der Waals surface area contributed by atoms with E-state index >= 15 is 0 Å². The molecule has 29 heavy (non-hydrogen) atoms. The molecule has 1 aromatic carbocycles. The van der Waals surface area contributed by atoms with Crippen molar-refractivity contribution in [3.05, 3.63) is 59.1 Å². The van der Waals surface area contributed by atoms with Gasteiger partial charge in [-0.2, -0.15) is 0 Å². The van der Waals surface area contributed by atoms with Crippen molar-refractivity contribution < 1.29 is 14.7 Å². The highest BCUT2D eigenvalue weighted by Gasteiger charge is 2.51. The molecule has 1 saturated heterocycles. The minimum absolute atomic E-state index is 0.117. The van der Waals surface area contributed by atoms with E-state index in [1.165, 1.54) is 0 Å². The molecule has 0 spiro atoms. The summed E-state index contributed by atoms with van der Waals surface area (Å²) >= 11 is 6.16. The summed E-state index contributed by atoms with van der Waals surface area (Å²) in [4.78, 5) is 41.2. The summed E-state index contributed by atoms with van der Waals surface area (Å²) < 4.78 is 0. The molecule has 8 nitrogen and oxygen atoms in total. The van der Waals surface area contributed by atoms with Gasteiger partial charge < -0.3 is 14.9 Å². The van der Waals surface area contributed by atoms with E-state index in [0.29, 0.717) is 61.3 Å². The van der Waals surface area contributed by atoms with Gasteiger partial charge in [0.2, 0.25) is 0 Å². The number of rotatable bonds is 4. The van der Waals surface area contributed by atoms with Crippen LogP contribution in [-0.2, 0) is 4.79 Å². The van der Waals surface area contributed by atoms with E-state index in [1.54, 1.807) is 47.6 Å². The van der Waals surface area contributed by atoms with Gasteiger partial charge in [0.15, 0.2) is 17.2 Å². The Kier molecular flexibility index (Phi) is 5.19. The van der Waals surface area contributed by atoms with Crippen LogP contribution in [0.2, 0.25) is 5.02 Å². The van der Waals surface area contributed by atoms with Gasteiger partial charge in [0, 0.05) is 38.6 Å². The first-order valence-electron chi connectivity index (χ1n) is 9.39. The number of carboxylic acids is 1. The van der Waals surface area contributed by atoms with Gasteiger partial charge >= 0.3 is 5.97 Å². The van der Waals surface area contributed by atoms with Gasteiger partial charge in [0.1, 0.15) is 0 Å². The number of piperazine rings is 1. The second-order valence-corrected chi connectivity index (χ2v) is 7.51. The van der Waals surface area contributed by atoms with Crippen LogP contribution in [0.5, 0.6) is 0 Å². The van der Waals surface area contributed by atoms with Crippen molar-refractivity contribution in [2.45, 2.75) is 18.4 Å². The molecule has 2 aromatic rings. The van der Waals surface area contributed by atoms with Crippen LogP contribution in [0.1, 0.15) is 29.0 Å². The zero-order valence-electron chi connectivity index (χ0n) is 15.7. The van der Waals surface area contributed by atoms with Gasteiger partial charge in [-0.1, -0.05) is 23.7 Å². The number of carbonyl (C=O) groups is 2. The van der Waals surface area contributed by atoms with E-state index in [-0.39, 0.29) is 5.91 Å². The summed E-state index contributed by atoms with van der Waals surface area (Å²) in [5.41, 5.74) is -0.607. The summed E-state index contributed by atoms with van der Waals surface area (Å²) in [6.07, 6.45) is 4.22. The lowest BCUT2D eigenvalue weighted by molar-refractivity contribution is -0.139. The third-order valence-electron chi connectivity index (χ3n) is 5.18. The van der Waals surface area contributed by atoms with Crippen molar-refractivity contribution in [1.82, 2.24) is 19.8 Å². The topological polar surface area (TPSA) is 99.0 Å². The van der Waals surface area contributed by atoms with Crippen LogP contribution in [0, 0.1) is 0 Å². The normalized spacial score (nSPS) is 18.4. The molecule has 1 amide bonds. The van der Waals surface area contributed by atoms with E-state index < -0.39 is 11.5 Å². The van der Waals surface area contributed by atoms with Crippen LogP contribution < -0.4 is 0 Å². The third-order valence-corrected chi connectivity index (χ3v) is 5.51. The average Bonchev–Trinajstić information content (AvgIpc) is 3.54. The van der Waals surface area contributed by atoms with Gasteiger partial charge in [-0.3, -0.25) is 4.79 Å². The lowest BCUT2D eigenvalue weighted by atomic mass is 10.1. The number of hydrogen-bond acceptors (Lipinski definition) is 5. The Morgan fingerprint density at radius 1 is 1.00 bits per heavy atom. The molecule has 1 aliphatic carbocycles. The molecule has 0 atom stereocenters. The van der Waals surface area contributed by atoms with Gasteiger partial charge in [-0.05, 0) is 31.0 Å². The number of carboxylic acid groups (broad SMARTS) is 1. The first kappa shape index (κ1) is 19.3. The van der Waals surface area contributed by atoms with Crippen LogP contribution >= 0.6 is 11.6 Å². The number of amidine groups is 1. The smallest absolute Gasteiger partial charge is 0.331 e. The fraction of sp³-hybridized carbons (Fsp3) is 0.350. The maximum Gasteiger partial charge on any atom is 0.331 e. The highest BCUT2D eigenvalue weighted by Crippen LogP contribution is 2.40. The van der Waals surface area contributed by atoms with Crippen molar-refractivity contribution in [3.8, 4) is 0 Å². The average molecular weight is 414 g/mol. The number of hydrogen-bond donors (Lipinski definition) is 1. The highest BCUT2D eigenvalue weighted by molar-refractivity contribution is 6.33. The Hall–Kier alpha value is -3.00. The number of benzene rings is 1. The number of aromatic nitrogens is 2. The van der Waals surface area contributed by atoms with Crippen LogP contribution in [0.15, 0.2) is 47.7 Å². The van der Waals surface area contributed by atoms with Crippen LogP contribution in [0.3, 0.4) is 0 Å². The molecule has 0 bridgehead atoms. The number of aliphatic imine (C=N–C) groups is 1. The minimum Gasteiger partial charge on any atom is -0.479 e. The second-order valence-electron chi connectivity index (χ2n) is 7.10. The predicted molar refractivity (Wildman–Crippen MR) is 107 cm³/mol. The minimum atomic E-state index is -1.08. The van der Waals surface area contributed by atoms with E-state index in [1.807, 2.05) is 4.90 Å². The van der Waals surface area contributed by atoms with E-state index in [0.717, 1.165) is 0 Å². The maximum atomic E-state index is 12.8. The zero-order valence-corrected chi connectivity index (χ0v) is 16.4. The molecular weight excluding hydrogens is 394 g/mol. The molecule has 2 aliphatic rings. The van der Waals surface area contributed by atoms with Crippen LogP contribution in [-0.4, -0.2) is 74.3 Å². The van der Waals surface area contributed by atoms with Gasteiger partial charge in [0.05, 0.1) is 10.6 Å². The Bertz CT molecular complexity index is 954. The van der Waals surface area contributed by atoms with Gasteiger partial charge in [0.25, 0.3) is 5.91 Å². The molecule has 4 rings (SSSR count). The number of aliphatic carboxylic acids is 1. The number of nitrogens with zero attached hydrogens (tertiary/aromatic N) is 5. The van der Waals surface area contributed by atoms with E-state index in [4.69, 9.17) is 11.6 Å². The Morgan fingerprint density at radius 3 is 2.21 bits per heavy atom. The molecule has 1 aliphatic heterocycles. The lowest BCUT2D eigenvalue weighted by Gasteiger charge is -2.36. The summed E-state index contributed by atoms with van der Waals surface area (Å²) in [5.74, 6) is -0.186. The quantitative estimate of drug-likeness (QED) is 0.607. The van der Waals surface area contributed by atoms with Crippen LogP contribution in [0.25, 0.3) is 0 Å². The molecule has 9 heteroatoms. The Labute approximate surface area is 172 Å². The first-order chi connectivity index (χ1) is 14.0. The molecule has 1 saturated carbocycles. The molecule has 1 aromatic heterocycles. The monoisotopic (exact) mass is 413 g/mol. The largest absolute Gasteiger partial charge is 0.479 e. The zero-order chi connectivity index (χ0) is 20.4.